The van der Waals surface area contributed by atoms with E-state index in [0.717, 1.165) is 6.07 Å². The van der Waals surface area contributed by atoms with E-state index in [-0.39, 0.29) is 23.7 Å². The largest absolute Gasteiger partial charge is 0.394 e. The highest BCUT2D eigenvalue weighted by Crippen LogP contribution is 2.18. The van der Waals surface area contributed by atoms with Crippen molar-refractivity contribution in [3.8, 4) is 0 Å². The maximum Gasteiger partial charge on any atom is 0.265 e. The van der Waals surface area contributed by atoms with Crippen LogP contribution in [-0.2, 0) is 16.6 Å². The fourth-order valence-electron chi connectivity index (χ4n) is 1.72. The molecule has 0 radical (unpaired) electrons. The topological polar surface area (TPSA) is 84.2 Å². The van der Waals surface area contributed by atoms with Gasteiger partial charge in [-0.2, -0.15) is 5.10 Å². The third kappa shape index (κ3) is 3.34. The molecule has 2 aromatic rings. The van der Waals surface area contributed by atoms with E-state index < -0.39 is 15.8 Å². The summed E-state index contributed by atoms with van der Waals surface area (Å²) in [4.78, 5) is -0.0483. The first kappa shape index (κ1) is 14.5. The number of aryl methyl sites for hydroxylation is 1. The number of aliphatic hydroxyl groups excluding tert-OH is 1. The van der Waals surface area contributed by atoms with Gasteiger partial charge in [-0.3, -0.25) is 9.40 Å². The van der Waals surface area contributed by atoms with Crippen LogP contribution >= 0.6 is 0 Å². The molecule has 1 aromatic heterocycles. The normalized spacial score (nSPS) is 11.6. The number of rotatable bonds is 5. The average Bonchev–Trinajstić information content (AvgIpc) is 2.76. The molecular weight excluding hydrogens is 285 g/mol. The standard InChI is InChI=1S/C12H14FN3O3S/c1-9-4-10(13)6-11(5-9)15-20(18,19)12-7-14-16(8-12)2-3-17/h4-8,15,17H,2-3H2,1H3. The Balaban J connectivity index is 2.25. The van der Waals surface area contributed by atoms with Crippen molar-refractivity contribution in [2.75, 3.05) is 11.3 Å². The second kappa shape index (κ2) is 5.59. The molecule has 0 unspecified atom stereocenters. The Bertz CT molecular complexity index is 692. The zero-order valence-corrected chi connectivity index (χ0v) is 11.6. The van der Waals surface area contributed by atoms with Crippen LogP contribution in [0.5, 0.6) is 0 Å². The van der Waals surface area contributed by atoms with Crippen molar-refractivity contribution in [3.63, 3.8) is 0 Å². The molecule has 2 N–H and O–H groups in total. The predicted molar refractivity (Wildman–Crippen MR) is 71.3 cm³/mol. The van der Waals surface area contributed by atoms with Crippen LogP contribution in [0.25, 0.3) is 0 Å². The van der Waals surface area contributed by atoms with Gasteiger partial charge in [0, 0.05) is 6.20 Å². The van der Waals surface area contributed by atoms with Gasteiger partial charge >= 0.3 is 0 Å². The molecule has 0 fully saturated rings. The molecule has 0 spiro atoms. The Kier molecular flexibility index (Phi) is 4.05. The van der Waals surface area contributed by atoms with E-state index in [2.05, 4.69) is 9.82 Å². The molecule has 0 aliphatic carbocycles. The summed E-state index contributed by atoms with van der Waals surface area (Å²) in [5, 5.41) is 12.6. The lowest BCUT2D eigenvalue weighted by atomic mass is 10.2. The van der Waals surface area contributed by atoms with E-state index >= 15 is 0 Å². The van der Waals surface area contributed by atoms with Crippen molar-refractivity contribution in [3.05, 3.63) is 42.0 Å². The van der Waals surface area contributed by atoms with Gasteiger partial charge in [0.15, 0.2) is 0 Å². The lowest BCUT2D eigenvalue weighted by Crippen LogP contribution is -2.12. The number of sulfonamides is 1. The lowest BCUT2D eigenvalue weighted by molar-refractivity contribution is 0.269. The Morgan fingerprint density at radius 2 is 2.15 bits per heavy atom. The smallest absolute Gasteiger partial charge is 0.265 e. The monoisotopic (exact) mass is 299 g/mol. The minimum atomic E-state index is -3.83. The summed E-state index contributed by atoms with van der Waals surface area (Å²) in [5.41, 5.74) is 0.760. The minimum Gasteiger partial charge on any atom is -0.394 e. The number of hydrogen-bond donors (Lipinski definition) is 2. The molecule has 20 heavy (non-hydrogen) atoms. The molecule has 1 aromatic carbocycles. The van der Waals surface area contributed by atoms with Gasteiger partial charge in [-0.15, -0.1) is 0 Å². The van der Waals surface area contributed by atoms with Gasteiger partial charge in [-0.25, -0.2) is 12.8 Å². The summed E-state index contributed by atoms with van der Waals surface area (Å²) in [6.45, 7) is 1.73. The summed E-state index contributed by atoms with van der Waals surface area (Å²) in [7, 11) is -3.83. The molecule has 0 aliphatic rings. The van der Waals surface area contributed by atoms with E-state index in [9.17, 15) is 12.8 Å². The summed E-state index contributed by atoms with van der Waals surface area (Å²) >= 11 is 0. The highest BCUT2D eigenvalue weighted by Gasteiger charge is 2.17. The molecule has 0 saturated carbocycles. The Morgan fingerprint density at radius 1 is 1.40 bits per heavy atom. The number of aliphatic hydroxyl groups is 1. The lowest BCUT2D eigenvalue weighted by Gasteiger charge is -2.07. The van der Waals surface area contributed by atoms with E-state index in [0.29, 0.717) is 5.56 Å². The quantitative estimate of drug-likeness (QED) is 0.866. The Hall–Kier alpha value is -1.93. The maximum atomic E-state index is 13.2. The number of halogens is 1. The highest BCUT2D eigenvalue weighted by molar-refractivity contribution is 7.92. The summed E-state index contributed by atoms with van der Waals surface area (Å²) in [6.07, 6.45) is 2.47. The number of benzene rings is 1. The number of nitrogens with zero attached hydrogens (tertiary/aromatic N) is 2. The molecule has 0 saturated heterocycles. The molecule has 8 heteroatoms. The van der Waals surface area contributed by atoms with Gasteiger partial charge < -0.3 is 5.11 Å². The highest BCUT2D eigenvalue weighted by atomic mass is 32.2. The molecule has 108 valence electrons. The average molecular weight is 299 g/mol. The van der Waals surface area contributed by atoms with Crippen LogP contribution in [0.1, 0.15) is 5.56 Å². The summed E-state index contributed by atoms with van der Waals surface area (Å²) < 4.78 is 41.0. The Morgan fingerprint density at radius 3 is 2.80 bits per heavy atom. The maximum absolute atomic E-state index is 13.2. The molecule has 0 aliphatic heterocycles. The first-order valence-corrected chi connectivity index (χ1v) is 7.32. The van der Waals surface area contributed by atoms with Gasteiger partial charge in [0.05, 0.1) is 25.0 Å². The Labute approximate surface area is 115 Å². The molecule has 1 heterocycles. The number of nitrogens with one attached hydrogen (secondary N) is 1. The van der Waals surface area contributed by atoms with Crippen molar-refractivity contribution in [2.45, 2.75) is 18.4 Å². The molecule has 2 rings (SSSR count). The molecule has 0 amide bonds. The van der Waals surface area contributed by atoms with Crippen molar-refractivity contribution in [1.82, 2.24) is 9.78 Å². The second-order valence-electron chi connectivity index (χ2n) is 4.29. The number of anilines is 1. The second-order valence-corrected chi connectivity index (χ2v) is 5.97. The van der Waals surface area contributed by atoms with Gasteiger partial charge in [0.1, 0.15) is 10.7 Å². The van der Waals surface area contributed by atoms with Crippen LogP contribution in [-0.4, -0.2) is 29.9 Å². The summed E-state index contributed by atoms with van der Waals surface area (Å²) in [6, 6.07) is 3.93. The first-order valence-electron chi connectivity index (χ1n) is 5.84. The van der Waals surface area contributed by atoms with Crippen LogP contribution in [0.2, 0.25) is 0 Å². The van der Waals surface area contributed by atoms with Crippen LogP contribution in [0.15, 0.2) is 35.5 Å². The minimum absolute atomic E-state index is 0.0483. The molecule has 0 atom stereocenters. The van der Waals surface area contributed by atoms with Gasteiger partial charge in [-0.1, -0.05) is 0 Å². The van der Waals surface area contributed by atoms with Crippen molar-refractivity contribution in [1.29, 1.82) is 0 Å². The fourth-order valence-corrected chi connectivity index (χ4v) is 2.71. The molecular formula is C12H14FN3O3S. The molecule has 0 bridgehead atoms. The van der Waals surface area contributed by atoms with E-state index in [1.165, 1.54) is 29.2 Å². The number of aromatic nitrogens is 2. The van der Waals surface area contributed by atoms with Crippen LogP contribution in [0, 0.1) is 12.7 Å². The summed E-state index contributed by atoms with van der Waals surface area (Å²) in [5.74, 6) is -0.515. The predicted octanol–water partition coefficient (Wildman–Crippen LogP) is 1.12. The first-order chi connectivity index (χ1) is 9.40. The fraction of sp³-hybridized carbons (Fsp3) is 0.250. The van der Waals surface area contributed by atoms with Crippen molar-refractivity contribution < 1.29 is 17.9 Å². The van der Waals surface area contributed by atoms with E-state index in [4.69, 9.17) is 5.11 Å². The third-order valence-corrected chi connectivity index (χ3v) is 3.88. The van der Waals surface area contributed by atoms with E-state index in [1.807, 2.05) is 0 Å². The van der Waals surface area contributed by atoms with Crippen LogP contribution in [0.3, 0.4) is 0 Å². The third-order valence-electron chi connectivity index (χ3n) is 2.54. The van der Waals surface area contributed by atoms with Crippen LogP contribution in [0.4, 0.5) is 10.1 Å². The van der Waals surface area contributed by atoms with Gasteiger partial charge in [0.2, 0.25) is 0 Å². The zero-order chi connectivity index (χ0) is 14.8. The molecule has 6 nitrogen and oxygen atoms in total. The van der Waals surface area contributed by atoms with Gasteiger partial charge in [0.25, 0.3) is 10.0 Å². The van der Waals surface area contributed by atoms with Crippen molar-refractivity contribution in [2.24, 2.45) is 0 Å². The van der Waals surface area contributed by atoms with E-state index in [1.54, 1.807) is 6.92 Å². The van der Waals surface area contributed by atoms with Gasteiger partial charge in [-0.05, 0) is 30.7 Å². The van der Waals surface area contributed by atoms with Crippen molar-refractivity contribution >= 4 is 15.7 Å². The SMILES string of the molecule is Cc1cc(F)cc(NS(=O)(=O)c2cnn(CCO)c2)c1. The zero-order valence-electron chi connectivity index (χ0n) is 10.7. The van der Waals surface area contributed by atoms with Crippen LogP contribution < -0.4 is 4.72 Å². The number of hydrogen-bond acceptors (Lipinski definition) is 4.